The van der Waals surface area contributed by atoms with Crippen LogP contribution >= 0.6 is 0 Å². The summed E-state index contributed by atoms with van der Waals surface area (Å²) in [5.41, 5.74) is 1.24. The van der Waals surface area contributed by atoms with Gasteiger partial charge in [0.2, 0.25) is 0 Å². The third-order valence-electron chi connectivity index (χ3n) is 4.47. The van der Waals surface area contributed by atoms with Crippen molar-refractivity contribution in [3.63, 3.8) is 0 Å². The van der Waals surface area contributed by atoms with Crippen molar-refractivity contribution in [1.82, 2.24) is 0 Å². The highest BCUT2D eigenvalue weighted by atomic mass is 16.6. The third-order valence-corrected chi connectivity index (χ3v) is 4.47. The predicted octanol–water partition coefficient (Wildman–Crippen LogP) is 3.84. The van der Waals surface area contributed by atoms with E-state index in [0.717, 1.165) is 11.3 Å². The maximum atomic E-state index is 12.5. The van der Waals surface area contributed by atoms with E-state index in [1.807, 2.05) is 0 Å². The van der Waals surface area contributed by atoms with Gasteiger partial charge in [0, 0.05) is 0 Å². The fraction of sp³-hybridized carbons (Fsp3) is 0.318. The van der Waals surface area contributed by atoms with Crippen molar-refractivity contribution in [2.45, 2.75) is 33.3 Å². The van der Waals surface area contributed by atoms with Gasteiger partial charge in [-0.15, -0.1) is 0 Å². The number of hydrogen-bond donors (Lipinski definition) is 0. The van der Waals surface area contributed by atoms with E-state index in [4.69, 9.17) is 9.47 Å². The summed E-state index contributed by atoms with van der Waals surface area (Å²) in [7, 11) is 0. The summed E-state index contributed by atoms with van der Waals surface area (Å²) in [4.78, 5) is 38.1. The van der Waals surface area contributed by atoms with E-state index >= 15 is 0 Å². The van der Waals surface area contributed by atoms with Gasteiger partial charge in [0.25, 0.3) is 11.8 Å². The Labute approximate surface area is 164 Å². The quantitative estimate of drug-likeness (QED) is 0.538. The lowest BCUT2D eigenvalue weighted by atomic mass is 10.1. The molecule has 0 aliphatic carbocycles. The first-order chi connectivity index (χ1) is 13.4. The normalized spacial score (nSPS) is 14.2. The van der Waals surface area contributed by atoms with Gasteiger partial charge in [-0.3, -0.25) is 9.59 Å². The number of imide groups is 1. The van der Waals surface area contributed by atoms with Crippen LogP contribution in [0.3, 0.4) is 0 Å². The minimum absolute atomic E-state index is 0.351. The summed E-state index contributed by atoms with van der Waals surface area (Å²) in [5.74, 6) is -0.217. The number of anilines is 1. The number of nitrogens with zero attached hydrogens (tertiary/aromatic N) is 1. The maximum absolute atomic E-state index is 12.5. The first-order valence-corrected chi connectivity index (χ1v) is 9.29. The zero-order valence-electron chi connectivity index (χ0n) is 16.2. The summed E-state index contributed by atoms with van der Waals surface area (Å²) in [5, 5.41) is 0. The molecule has 1 atom stereocenters. The van der Waals surface area contributed by atoms with Crippen LogP contribution in [0.1, 0.15) is 47.9 Å². The topological polar surface area (TPSA) is 72.9 Å². The number of ether oxygens (including phenoxy) is 2. The standard InChI is InChI=1S/C22H23NO5/c1-14(2)12-13-27-22(26)15(3)28-17-10-8-16(9-11-17)23-20(24)18-6-4-5-7-19(18)21(23)25/h4-11,14-15H,12-13H2,1-3H3/t15-/m0/s1. The molecule has 3 rings (SSSR count). The van der Waals surface area contributed by atoms with Crippen LogP contribution in [-0.2, 0) is 9.53 Å². The van der Waals surface area contributed by atoms with Crippen molar-refractivity contribution in [1.29, 1.82) is 0 Å². The molecule has 0 bridgehead atoms. The maximum Gasteiger partial charge on any atom is 0.347 e. The Morgan fingerprint density at radius 1 is 0.929 bits per heavy atom. The summed E-state index contributed by atoms with van der Waals surface area (Å²) in [6, 6.07) is 13.2. The summed E-state index contributed by atoms with van der Waals surface area (Å²) in [6.07, 6.45) is 0.0466. The van der Waals surface area contributed by atoms with Crippen LogP contribution in [0.4, 0.5) is 5.69 Å². The van der Waals surface area contributed by atoms with Gasteiger partial charge in [-0.25, -0.2) is 9.69 Å². The molecule has 0 saturated heterocycles. The van der Waals surface area contributed by atoms with Gasteiger partial charge in [0.1, 0.15) is 5.75 Å². The Morgan fingerprint density at radius 2 is 1.50 bits per heavy atom. The van der Waals surface area contributed by atoms with Gasteiger partial charge in [-0.2, -0.15) is 0 Å². The molecule has 1 aliphatic rings. The number of rotatable bonds is 7. The van der Waals surface area contributed by atoms with E-state index in [1.54, 1.807) is 55.5 Å². The lowest BCUT2D eigenvalue weighted by Crippen LogP contribution is -2.29. The number of esters is 1. The Morgan fingerprint density at radius 3 is 2.04 bits per heavy atom. The molecule has 6 nitrogen and oxygen atoms in total. The van der Waals surface area contributed by atoms with Crippen LogP contribution in [0, 0.1) is 5.92 Å². The van der Waals surface area contributed by atoms with Gasteiger partial charge in [0.15, 0.2) is 6.10 Å². The number of benzene rings is 2. The highest BCUT2D eigenvalue weighted by molar-refractivity contribution is 6.34. The molecule has 1 aliphatic heterocycles. The molecule has 2 aromatic rings. The number of carbonyl (C=O) groups is 3. The van der Waals surface area contributed by atoms with Gasteiger partial charge in [0.05, 0.1) is 23.4 Å². The molecule has 0 aromatic heterocycles. The second-order valence-corrected chi connectivity index (χ2v) is 7.10. The van der Waals surface area contributed by atoms with E-state index in [-0.39, 0.29) is 11.8 Å². The van der Waals surface area contributed by atoms with Crippen LogP contribution < -0.4 is 9.64 Å². The minimum Gasteiger partial charge on any atom is -0.479 e. The first kappa shape index (κ1) is 19.6. The van der Waals surface area contributed by atoms with Gasteiger partial charge >= 0.3 is 5.97 Å². The molecule has 0 saturated carbocycles. The zero-order valence-corrected chi connectivity index (χ0v) is 16.2. The molecular weight excluding hydrogens is 358 g/mol. The van der Waals surface area contributed by atoms with E-state index in [0.29, 0.717) is 35.1 Å². The highest BCUT2D eigenvalue weighted by Crippen LogP contribution is 2.29. The molecule has 2 aromatic carbocycles. The van der Waals surface area contributed by atoms with Crippen LogP contribution in [0.5, 0.6) is 5.75 Å². The number of amides is 2. The monoisotopic (exact) mass is 381 g/mol. The molecule has 0 N–H and O–H groups in total. The number of fused-ring (bicyclic) bond motifs is 1. The van der Waals surface area contributed by atoms with E-state index in [2.05, 4.69) is 13.8 Å². The van der Waals surface area contributed by atoms with E-state index in [9.17, 15) is 14.4 Å². The average molecular weight is 381 g/mol. The van der Waals surface area contributed by atoms with E-state index < -0.39 is 12.1 Å². The lowest BCUT2D eigenvalue weighted by molar-refractivity contribution is -0.151. The molecule has 6 heteroatoms. The minimum atomic E-state index is -0.752. The van der Waals surface area contributed by atoms with E-state index in [1.165, 1.54) is 0 Å². The summed E-state index contributed by atoms with van der Waals surface area (Å²) < 4.78 is 10.8. The van der Waals surface area contributed by atoms with Crippen LogP contribution in [0.2, 0.25) is 0 Å². The highest BCUT2D eigenvalue weighted by Gasteiger charge is 2.36. The van der Waals surface area contributed by atoms with Crippen LogP contribution in [0.15, 0.2) is 48.5 Å². The predicted molar refractivity (Wildman–Crippen MR) is 105 cm³/mol. The fourth-order valence-electron chi connectivity index (χ4n) is 2.86. The Balaban J connectivity index is 1.64. The van der Waals surface area contributed by atoms with Crippen molar-refractivity contribution in [3.05, 3.63) is 59.7 Å². The zero-order chi connectivity index (χ0) is 20.3. The molecule has 28 heavy (non-hydrogen) atoms. The third kappa shape index (κ3) is 4.06. The first-order valence-electron chi connectivity index (χ1n) is 9.29. The van der Waals surface area contributed by atoms with Gasteiger partial charge in [-0.1, -0.05) is 26.0 Å². The van der Waals surface area contributed by atoms with Crippen molar-refractivity contribution < 1.29 is 23.9 Å². The molecular formula is C22H23NO5. The average Bonchev–Trinajstić information content (AvgIpc) is 2.93. The summed E-state index contributed by atoms with van der Waals surface area (Å²) in [6.45, 7) is 6.10. The second-order valence-electron chi connectivity index (χ2n) is 7.10. The lowest BCUT2D eigenvalue weighted by Gasteiger charge is -2.17. The molecule has 2 amide bonds. The van der Waals surface area contributed by atoms with Crippen molar-refractivity contribution in [2.24, 2.45) is 5.92 Å². The molecule has 0 radical (unpaired) electrons. The van der Waals surface area contributed by atoms with Crippen LogP contribution in [0.25, 0.3) is 0 Å². The molecule has 146 valence electrons. The molecule has 0 fully saturated rings. The second kappa shape index (κ2) is 8.25. The summed E-state index contributed by atoms with van der Waals surface area (Å²) >= 11 is 0. The molecule has 1 heterocycles. The Kier molecular flexibility index (Phi) is 5.78. The number of carbonyl (C=O) groups excluding carboxylic acids is 3. The molecule has 0 spiro atoms. The van der Waals surface area contributed by atoms with Gasteiger partial charge < -0.3 is 9.47 Å². The number of hydrogen-bond acceptors (Lipinski definition) is 5. The van der Waals surface area contributed by atoms with Gasteiger partial charge in [-0.05, 0) is 55.7 Å². The van der Waals surface area contributed by atoms with Crippen molar-refractivity contribution in [3.8, 4) is 5.75 Å². The van der Waals surface area contributed by atoms with Crippen molar-refractivity contribution >= 4 is 23.5 Å². The largest absolute Gasteiger partial charge is 0.479 e. The SMILES string of the molecule is CC(C)CCOC(=O)[C@H](C)Oc1ccc(N2C(=O)c3ccccc3C2=O)cc1. The fourth-order valence-corrected chi connectivity index (χ4v) is 2.86. The smallest absolute Gasteiger partial charge is 0.347 e. The van der Waals surface area contributed by atoms with Crippen molar-refractivity contribution in [2.75, 3.05) is 11.5 Å². The Hall–Kier alpha value is -3.15. The van der Waals surface area contributed by atoms with Crippen LogP contribution in [-0.4, -0.2) is 30.5 Å². The molecule has 0 unspecified atom stereocenters. The Bertz CT molecular complexity index is 853.